The van der Waals surface area contributed by atoms with Crippen LogP contribution in [0.1, 0.15) is 13.3 Å². The molecular weight excluding hydrogens is 320 g/mol. The number of amides is 2. The molecule has 1 atom stereocenters. The fourth-order valence-electron chi connectivity index (χ4n) is 1.69. The Bertz CT molecular complexity index is 521. The SMILES string of the molecule is CSCC[C@](C)(O)CNC(=O)C(=O)Nc1ccccc1SC. The van der Waals surface area contributed by atoms with Crippen molar-refractivity contribution in [3.05, 3.63) is 24.3 Å². The van der Waals surface area contributed by atoms with Gasteiger partial charge in [0, 0.05) is 11.4 Å². The zero-order chi connectivity index (χ0) is 16.6. The number of nitrogens with one attached hydrogen (secondary N) is 2. The normalized spacial score (nSPS) is 13.3. The van der Waals surface area contributed by atoms with Crippen molar-refractivity contribution in [1.29, 1.82) is 0 Å². The fraction of sp³-hybridized carbons (Fsp3) is 0.467. The van der Waals surface area contributed by atoms with Crippen LogP contribution >= 0.6 is 23.5 Å². The van der Waals surface area contributed by atoms with Gasteiger partial charge in [-0.3, -0.25) is 9.59 Å². The Morgan fingerprint density at radius 3 is 2.55 bits per heavy atom. The van der Waals surface area contributed by atoms with Gasteiger partial charge < -0.3 is 15.7 Å². The average molecular weight is 342 g/mol. The number of carbonyl (C=O) groups is 2. The molecule has 1 rings (SSSR count). The first-order chi connectivity index (χ1) is 10.4. The molecule has 0 aliphatic rings. The van der Waals surface area contributed by atoms with Crippen LogP contribution < -0.4 is 10.6 Å². The highest BCUT2D eigenvalue weighted by molar-refractivity contribution is 7.98. The van der Waals surface area contributed by atoms with E-state index in [2.05, 4.69) is 10.6 Å². The molecule has 0 unspecified atom stereocenters. The standard InChI is InChI=1S/C15H22N2O3S2/c1-15(20,8-9-21-2)10-16-13(18)14(19)17-11-6-4-5-7-12(11)22-3/h4-7,20H,8-10H2,1-3H3,(H,16,18)(H,17,19)/t15-/m0/s1. The molecule has 0 aromatic heterocycles. The maximum absolute atomic E-state index is 11.9. The van der Waals surface area contributed by atoms with E-state index in [4.69, 9.17) is 0 Å². The summed E-state index contributed by atoms with van der Waals surface area (Å²) in [5, 5.41) is 15.1. The van der Waals surface area contributed by atoms with Gasteiger partial charge in [0.05, 0.1) is 11.3 Å². The molecule has 0 spiro atoms. The Labute approximate surface area is 139 Å². The number of carbonyl (C=O) groups excluding carboxylic acids is 2. The maximum Gasteiger partial charge on any atom is 0.313 e. The van der Waals surface area contributed by atoms with Crippen LogP contribution in [0.2, 0.25) is 0 Å². The second-order valence-electron chi connectivity index (χ2n) is 5.08. The first-order valence-electron chi connectivity index (χ1n) is 6.83. The van der Waals surface area contributed by atoms with Gasteiger partial charge in [-0.1, -0.05) is 12.1 Å². The molecule has 7 heteroatoms. The van der Waals surface area contributed by atoms with Crippen molar-refractivity contribution < 1.29 is 14.7 Å². The van der Waals surface area contributed by atoms with E-state index in [0.717, 1.165) is 10.6 Å². The lowest BCUT2D eigenvalue weighted by molar-refractivity contribution is -0.136. The average Bonchev–Trinajstić information content (AvgIpc) is 2.51. The van der Waals surface area contributed by atoms with Crippen molar-refractivity contribution in [3.8, 4) is 0 Å². The highest BCUT2D eigenvalue weighted by Gasteiger charge is 2.23. The molecule has 0 saturated carbocycles. The van der Waals surface area contributed by atoms with Gasteiger partial charge in [0.15, 0.2) is 0 Å². The smallest absolute Gasteiger partial charge is 0.313 e. The summed E-state index contributed by atoms with van der Waals surface area (Å²) in [6.45, 7) is 1.69. The van der Waals surface area contributed by atoms with E-state index >= 15 is 0 Å². The predicted octanol–water partition coefficient (Wildman–Crippen LogP) is 1.97. The van der Waals surface area contributed by atoms with E-state index in [0.29, 0.717) is 12.1 Å². The fourth-order valence-corrected chi connectivity index (χ4v) is 2.89. The van der Waals surface area contributed by atoms with Gasteiger partial charge in [-0.05, 0) is 43.7 Å². The molecule has 0 fully saturated rings. The van der Waals surface area contributed by atoms with E-state index in [-0.39, 0.29) is 6.54 Å². The summed E-state index contributed by atoms with van der Waals surface area (Å²) >= 11 is 3.11. The van der Waals surface area contributed by atoms with Crippen molar-refractivity contribution in [1.82, 2.24) is 5.32 Å². The Morgan fingerprint density at radius 2 is 1.91 bits per heavy atom. The Kier molecular flexibility index (Phi) is 7.78. The van der Waals surface area contributed by atoms with Gasteiger partial charge in [-0.25, -0.2) is 0 Å². The molecule has 5 nitrogen and oxygen atoms in total. The molecule has 22 heavy (non-hydrogen) atoms. The quantitative estimate of drug-likeness (QED) is 0.521. The number of para-hydroxylation sites is 1. The summed E-state index contributed by atoms with van der Waals surface area (Å²) in [4.78, 5) is 24.6. The van der Waals surface area contributed by atoms with Crippen LogP contribution in [0.3, 0.4) is 0 Å². The summed E-state index contributed by atoms with van der Waals surface area (Å²) < 4.78 is 0. The highest BCUT2D eigenvalue weighted by Crippen LogP contribution is 2.24. The Hall–Kier alpha value is -1.18. The van der Waals surface area contributed by atoms with E-state index in [9.17, 15) is 14.7 Å². The minimum absolute atomic E-state index is 0.0456. The molecular formula is C15H22N2O3S2. The first kappa shape index (κ1) is 18.9. The summed E-state index contributed by atoms with van der Waals surface area (Å²) in [6, 6.07) is 7.27. The molecule has 122 valence electrons. The molecule has 0 heterocycles. The van der Waals surface area contributed by atoms with Crippen LogP contribution in [0, 0.1) is 0 Å². The molecule has 0 bridgehead atoms. The lowest BCUT2D eigenvalue weighted by atomic mass is 10.0. The number of anilines is 1. The summed E-state index contributed by atoms with van der Waals surface area (Å²) in [6.07, 6.45) is 4.39. The van der Waals surface area contributed by atoms with E-state index in [1.165, 1.54) is 11.8 Å². The van der Waals surface area contributed by atoms with Crippen LogP contribution in [0.15, 0.2) is 29.2 Å². The number of rotatable bonds is 7. The van der Waals surface area contributed by atoms with Gasteiger partial charge >= 0.3 is 11.8 Å². The minimum Gasteiger partial charge on any atom is -0.388 e. The first-order valence-corrected chi connectivity index (χ1v) is 9.45. The topological polar surface area (TPSA) is 78.4 Å². The molecule has 0 radical (unpaired) electrons. The van der Waals surface area contributed by atoms with Crippen molar-refractivity contribution in [2.45, 2.75) is 23.8 Å². The summed E-state index contributed by atoms with van der Waals surface area (Å²) in [5.74, 6) is -0.696. The predicted molar refractivity (Wildman–Crippen MR) is 93.5 cm³/mol. The number of hydrogen-bond donors (Lipinski definition) is 3. The maximum atomic E-state index is 11.9. The molecule has 1 aromatic rings. The van der Waals surface area contributed by atoms with Crippen LogP contribution in [0.4, 0.5) is 5.69 Å². The number of benzene rings is 1. The van der Waals surface area contributed by atoms with E-state index in [1.807, 2.05) is 24.6 Å². The van der Waals surface area contributed by atoms with E-state index < -0.39 is 17.4 Å². The van der Waals surface area contributed by atoms with Crippen LogP contribution in [0.25, 0.3) is 0 Å². The number of aliphatic hydroxyl groups is 1. The number of thioether (sulfide) groups is 2. The van der Waals surface area contributed by atoms with Crippen molar-refractivity contribution in [2.75, 3.05) is 30.1 Å². The van der Waals surface area contributed by atoms with Gasteiger partial charge in [0.1, 0.15) is 0 Å². The third-order valence-corrected chi connectivity index (χ3v) is 4.44. The molecule has 2 amide bonds. The van der Waals surface area contributed by atoms with Gasteiger partial charge in [0.25, 0.3) is 0 Å². The largest absolute Gasteiger partial charge is 0.388 e. The molecule has 0 aliphatic heterocycles. The monoisotopic (exact) mass is 342 g/mol. The van der Waals surface area contributed by atoms with Crippen molar-refractivity contribution in [2.24, 2.45) is 0 Å². The van der Waals surface area contributed by atoms with Gasteiger partial charge in [0.2, 0.25) is 0 Å². The van der Waals surface area contributed by atoms with E-state index in [1.54, 1.807) is 30.8 Å². The molecule has 0 saturated heterocycles. The molecule has 3 N–H and O–H groups in total. The second kappa shape index (κ2) is 9.07. The Balaban J connectivity index is 2.54. The van der Waals surface area contributed by atoms with Crippen LogP contribution in [-0.2, 0) is 9.59 Å². The molecule has 0 aliphatic carbocycles. The molecule has 1 aromatic carbocycles. The third kappa shape index (κ3) is 6.29. The lowest BCUT2D eigenvalue weighted by Crippen LogP contribution is -2.44. The summed E-state index contributed by atoms with van der Waals surface area (Å²) in [5.41, 5.74) is -0.417. The van der Waals surface area contributed by atoms with Crippen LogP contribution in [-0.4, -0.2) is 47.3 Å². The third-order valence-electron chi connectivity index (χ3n) is 3.04. The lowest BCUT2D eigenvalue weighted by Gasteiger charge is -2.23. The van der Waals surface area contributed by atoms with Gasteiger partial charge in [-0.15, -0.1) is 11.8 Å². The zero-order valence-electron chi connectivity index (χ0n) is 13.0. The number of hydrogen-bond acceptors (Lipinski definition) is 5. The van der Waals surface area contributed by atoms with Gasteiger partial charge in [-0.2, -0.15) is 11.8 Å². The summed E-state index contributed by atoms with van der Waals surface area (Å²) in [7, 11) is 0. The van der Waals surface area contributed by atoms with Crippen LogP contribution in [0.5, 0.6) is 0 Å². The Morgan fingerprint density at radius 1 is 1.23 bits per heavy atom. The minimum atomic E-state index is -1.02. The highest BCUT2D eigenvalue weighted by atomic mass is 32.2. The zero-order valence-corrected chi connectivity index (χ0v) is 14.6. The van der Waals surface area contributed by atoms with Crippen molar-refractivity contribution >= 4 is 41.0 Å². The second-order valence-corrected chi connectivity index (χ2v) is 6.91. The van der Waals surface area contributed by atoms with Crippen molar-refractivity contribution in [3.63, 3.8) is 0 Å².